The molecule has 1 aromatic rings. The Balaban J connectivity index is 1.85. The predicted molar refractivity (Wildman–Crippen MR) is 140 cm³/mol. The van der Waals surface area contributed by atoms with Crippen molar-refractivity contribution in [1.82, 2.24) is 10.2 Å². The maximum absolute atomic E-state index is 14.0. The topological polar surface area (TPSA) is 173 Å². The number of allylic oxidation sites excluding steroid dienone is 1. The van der Waals surface area contributed by atoms with Gasteiger partial charge < -0.3 is 31.5 Å². The second kappa shape index (κ2) is 10.4. The van der Waals surface area contributed by atoms with Crippen molar-refractivity contribution < 1.29 is 48.0 Å². The van der Waals surface area contributed by atoms with Crippen LogP contribution in [0.3, 0.4) is 0 Å². The zero-order valence-corrected chi connectivity index (χ0v) is 23.1. The number of benzene rings is 1. The Morgan fingerprint density at radius 2 is 1.85 bits per heavy atom. The summed E-state index contributed by atoms with van der Waals surface area (Å²) in [6, 6.07) is 0.546. The molecule has 0 aliphatic heterocycles. The molecule has 0 spiro atoms. The van der Waals surface area contributed by atoms with Gasteiger partial charge in [0.25, 0.3) is 5.91 Å². The zero-order chi connectivity index (χ0) is 30.8. The van der Waals surface area contributed by atoms with Crippen molar-refractivity contribution in [3.05, 3.63) is 51.0 Å². The van der Waals surface area contributed by atoms with Crippen molar-refractivity contribution in [2.45, 2.75) is 63.4 Å². The van der Waals surface area contributed by atoms with Crippen LogP contribution in [0, 0.1) is 11.8 Å². The van der Waals surface area contributed by atoms with Gasteiger partial charge in [-0.2, -0.15) is 13.2 Å². The third kappa shape index (κ3) is 4.89. The molecule has 0 unspecified atom stereocenters. The van der Waals surface area contributed by atoms with E-state index in [1.54, 1.807) is 20.2 Å². The fourth-order valence-electron chi connectivity index (χ4n) is 6.51. The van der Waals surface area contributed by atoms with Crippen molar-refractivity contribution >= 4 is 17.5 Å². The lowest BCUT2D eigenvalue weighted by atomic mass is 9.58. The summed E-state index contributed by atoms with van der Waals surface area (Å²) in [5.74, 6) is -7.59. The highest BCUT2D eigenvalue weighted by atomic mass is 19.4. The average Bonchev–Trinajstić information content (AvgIpc) is 2.83. The normalized spacial score (nSPS) is 26.4. The lowest BCUT2D eigenvalue weighted by Crippen LogP contribution is -2.63. The monoisotopic (exact) mass is 581 g/mol. The van der Waals surface area contributed by atoms with Crippen LogP contribution in [-0.2, 0) is 22.6 Å². The number of phenols is 1. The summed E-state index contributed by atoms with van der Waals surface area (Å²) in [6.45, 7) is 3.13. The summed E-state index contributed by atoms with van der Waals surface area (Å²) in [6.07, 6.45) is -5.36. The van der Waals surface area contributed by atoms with Crippen LogP contribution in [0.25, 0.3) is 0 Å². The van der Waals surface area contributed by atoms with E-state index in [1.165, 1.54) is 4.90 Å². The Kier molecular flexibility index (Phi) is 7.78. The zero-order valence-electron chi connectivity index (χ0n) is 23.1. The van der Waals surface area contributed by atoms with Gasteiger partial charge in [-0.05, 0) is 49.9 Å². The number of nitrogens with two attached hydrogens (primary N) is 1. The number of fused-ring (bicyclic) bond motifs is 3. The third-order valence-corrected chi connectivity index (χ3v) is 8.36. The summed E-state index contributed by atoms with van der Waals surface area (Å²) in [4.78, 5) is 40.9. The van der Waals surface area contributed by atoms with Crippen LogP contribution in [0.15, 0.2) is 28.7 Å². The first-order chi connectivity index (χ1) is 18.9. The number of aliphatic hydroxyl groups excluding tert-OH is 2. The van der Waals surface area contributed by atoms with E-state index in [-0.39, 0.29) is 42.0 Å². The highest BCUT2D eigenvalue weighted by molar-refractivity contribution is 6.24. The number of hydrogen-bond donors (Lipinski definition) is 6. The van der Waals surface area contributed by atoms with E-state index in [9.17, 15) is 48.0 Å². The first-order valence-electron chi connectivity index (χ1n) is 13.2. The molecule has 0 aromatic heterocycles. The number of phenolic OH excluding ortho intramolecular Hbond substituents is 1. The summed E-state index contributed by atoms with van der Waals surface area (Å²) in [5.41, 5.74) is 2.60. The molecule has 0 bridgehead atoms. The quantitative estimate of drug-likeness (QED) is 0.209. The molecular weight excluding hydrogens is 547 g/mol. The lowest BCUT2D eigenvalue weighted by Gasteiger charge is -2.50. The number of halogens is 3. The minimum Gasteiger partial charge on any atom is -0.510 e. The number of nitrogens with one attached hydrogen (secondary N) is 1. The highest BCUT2D eigenvalue weighted by Gasteiger charge is 2.63. The number of carbonyl (C=O) groups excluding carboxylic acids is 3. The number of likely N-dealkylation sites (N-methyl/N-ethyl adjacent to an activating group) is 1. The fraction of sp³-hybridized carbons (Fsp3) is 0.536. The van der Waals surface area contributed by atoms with Crippen LogP contribution in [0.1, 0.15) is 59.7 Å². The summed E-state index contributed by atoms with van der Waals surface area (Å²) >= 11 is 0. The smallest absolute Gasteiger partial charge is 0.390 e. The number of carbonyl (C=O) groups is 3. The van der Waals surface area contributed by atoms with E-state index in [1.807, 2.05) is 13.8 Å². The Hall–Kier alpha value is -3.42. The van der Waals surface area contributed by atoms with Crippen LogP contribution < -0.4 is 11.1 Å². The number of hydrogen-bond acceptors (Lipinski definition) is 9. The number of alkyl halides is 3. The molecule has 4 rings (SSSR count). The summed E-state index contributed by atoms with van der Waals surface area (Å²) in [5, 5.41) is 47.7. The Morgan fingerprint density at radius 1 is 1.22 bits per heavy atom. The number of nitrogens with zero attached hydrogens (tertiary/aromatic N) is 1. The number of amides is 1. The second-order valence-corrected chi connectivity index (χ2v) is 11.5. The molecule has 4 atom stereocenters. The van der Waals surface area contributed by atoms with Gasteiger partial charge in [-0.1, -0.05) is 19.9 Å². The maximum Gasteiger partial charge on any atom is 0.390 e. The molecule has 3 aliphatic carbocycles. The molecule has 0 saturated heterocycles. The number of Topliss-reactive ketones (excluding diaryl/α,β-unsaturated/α-hetero) is 2. The van der Waals surface area contributed by atoms with E-state index in [2.05, 4.69) is 5.32 Å². The number of aromatic hydroxyl groups is 1. The number of aliphatic hydroxyl groups is 3. The molecule has 0 radical (unpaired) electrons. The average molecular weight is 582 g/mol. The van der Waals surface area contributed by atoms with Gasteiger partial charge >= 0.3 is 6.18 Å². The van der Waals surface area contributed by atoms with E-state index >= 15 is 0 Å². The van der Waals surface area contributed by atoms with Crippen LogP contribution in [0.2, 0.25) is 0 Å². The molecule has 41 heavy (non-hydrogen) atoms. The molecule has 10 nitrogen and oxygen atoms in total. The number of ketones is 2. The Labute approximate surface area is 234 Å². The van der Waals surface area contributed by atoms with E-state index in [0.717, 1.165) is 0 Å². The van der Waals surface area contributed by atoms with Gasteiger partial charge in [0, 0.05) is 30.1 Å². The van der Waals surface area contributed by atoms with Gasteiger partial charge in [-0.15, -0.1) is 0 Å². The summed E-state index contributed by atoms with van der Waals surface area (Å²) in [7, 11) is 3.10. The molecule has 3 aliphatic rings. The van der Waals surface area contributed by atoms with Crippen LogP contribution in [-0.4, -0.2) is 81.3 Å². The highest BCUT2D eigenvalue weighted by Crippen LogP contribution is 2.53. The fourth-order valence-corrected chi connectivity index (χ4v) is 6.51. The van der Waals surface area contributed by atoms with E-state index < -0.39 is 82.9 Å². The minimum absolute atomic E-state index is 0.0369. The lowest BCUT2D eigenvalue weighted by molar-refractivity contribution is -0.148. The Morgan fingerprint density at radius 3 is 2.39 bits per heavy atom. The first kappa shape index (κ1) is 30.5. The molecule has 1 aromatic carbocycles. The number of primary amides is 1. The molecule has 0 saturated carbocycles. The molecular formula is C28H34F3N3O7. The Bertz CT molecular complexity index is 1380. The molecule has 0 fully saturated rings. The van der Waals surface area contributed by atoms with Crippen molar-refractivity contribution in [3.63, 3.8) is 0 Å². The standard InChI is InChI=1S/C28H34F3N3O7/c1-11(2)14-8-13(10-33-6-5-27(29,30)31)21(35)18-15(14)7-12-9-16-20(34(3)4)23(37)19(26(32)40)25(39)28(16,41)24(38)17(12)22(18)36/h8,11-12,16,20,33,35,37-38,41H,5-7,9-10H2,1-4H3,(H2,32,40)/t12-,16-,20-,28-/m0/s1. The van der Waals surface area contributed by atoms with E-state index in [4.69, 9.17) is 5.73 Å². The molecule has 13 heteroatoms. The van der Waals surface area contributed by atoms with Crippen LogP contribution >= 0.6 is 0 Å². The molecule has 0 heterocycles. The van der Waals surface area contributed by atoms with Crippen molar-refractivity contribution in [1.29, 1.82) is 0 Å². The second-order valence-electron chi connectivity index (χ2n) is 11.5. The van der Waals surface area contributed by atoms with Crippen molar-refractivity contribution in [3.8, 4) is 5.75 Å². The predicted octanol–water partition coefficient (Wildman–Crippen LogP) is 2.29. The largest absolute Gasteiger partial charge is 0.510 e. The number of rotatable bonds is 7. The van der Waals surface area contributed by atoms with Gasteiger partial charge in [0.05, 0.1) is 18.0 Å². The van der Waals surface area contributed by atoms with Crippen molar-refractivity contribution in [2.24, 2.45) is 17.6 Å². The molecule has 224 valence electrons. The van der Waals surface area contributed by atoms with Gasteiger partial charge in [-0.3, -0.25) is 19.3 Å². The maximum atomic E-state index is 14.0. The van der Waals surface area contributed by atoms with E-state index in [0.29, 0.717) is 11.1 Å². The van der Waals surface area contributed by atoms with Gasteiger partial charge in [0.2, 0.25) is 5.78 Å². The third-order valence-electron chi connectivity index (χ3n) is 8.36. The SMILES string of the molecule is CC(C)c1cc(CNCCC(F)(F)F)c(O)c2c1C[C@H]1C[C@H]3[C@H](N(C)C)C(O)=C(C(N)=O)C(=O)[C@@]3(O)C(O)=C1C2=O. The minimum atomic E-state index is -4.37. The van der Waals surface area contributed by atoms with Gasteiger partial charge in [0.1, 0.15) is 22.8 Å². The van der Waals surface area contributed by atoms with Crippen LogP contribution in [0.4, 0.5) is 13.2 Å². The summed E-state index contributed by atoms with van der Waals surface area (Å²) < 4.78 is 37.8. The van der Waals surface area contributed by atoms with Crippen LogP contribution in [0.5, 0.6) is 5.75 Å². The van der Waals surface area contributed by atoms with Gasteiger partial charge in [-0.25, -0.2) is 0 Å². The van der Waals surface area contributed by atoms with Crippen molar-refractivity contribution in [2.75, 3.05) is 20.6 Å². The first-order valence-corrected chi connectivity index (χ1v) is 13.2. The molecule has 1 amide bonds. The van der Waals surface area contributed by atoms with Gasteiger partial charge in [0.15, 0.2) is 11.4 Å². The molecule has 7 N–H and O–H groups in total.